The molecule has 7 nitrogen and oxygen atoms in total. The second-order valence-electron chi connectivity index (χ2n) is 7.62. The van der Waals surface area contributed by atoms with Crippen LogP contribution in [0.1, 0.15) is 21.5 Å². The normalized spacial score (nSPS) is 11.8. The molecule has 1 aromatic heterocycles. The molecule has 1 aliphatic rings. The van der Waals surface area contributed by atoms with Crippen LogP contribution >= 0.6 is 0 Å². The molecule has 0 bridgehead atoms. The van der Waals surface area contributed by atoms with E-state index in [-0.39, 0.29) is 18.7 Å². The van der Waals surface area contributed by atoms with E-state index in [1.54, 1.807) is 36.7 Å². The topological polar surface area (TPSA) is 82.6 Å². The minimum Gasteiger partial charge on any atom is -0.454 e. The summed E-state index contributed by atoms with van der Waals surface area (Å²) in [5.41, 5.74) is 4.61. The van der Waals surface area contributed by atoms with Gasteiger partial charge < -0.3 is 19.5 Å². The van der Waals surface area contributed by atoms with E-state index in [2.05, 4.69) is 15.3 Å². The van der Waals surface area contributed by atoms with Crippen molar-refractivity contribution in [2.24, 2.45) is 0 Å². The highest BCUT2D eigenvalue weighted by molar-refractivity contribution is 5.94. The number of nitrogens with one attached hydrogen (secondary N) is 1. The molecule has 0 unspecified atom stereocenters. The number of amides is 1. The van der Waals surface area contributed by atoms with Crippen molar-refractivity contribution in [1.82, 2.24) is 15.3 Å². The molecule has 0 spiro atoms. The summed E-state index contributed by atoms with van der Waals surface area (Å²) in [6, 6.07) is 20.8. The maximum Gasteiger partial charge on any atom is 0.321 e. The van der Waals surface area contributed by atoms with E-state index >= 15 is 0 Å². The molecule has 1 amide bonds. The van der Waals surface area contributed by atoms with Gasteiger partial charge in [0.05, 0.1) is 0 Å². The third-order valence-corrected chi connectivity index (χ3v) is 5.23. The summed E-state index contributed by atoms with van der Waals surface area (Å²) in [6.45, 7) is 2.65. The lowest BCUT2D eigenvalue weighted by atomic mass is 10.1. The first-order valence-corrected chi connectivity index (χ1v) is 10.5. The Morgan fingerprint density at radius 3 is 2.39 bits per heavy atom. The van der Waals surface area contributed by atoms with Crippen molar-refractivity contribution in [3.05, 3.63) is 95.8 Å². The molecular formula is C26H21N3O4. The van der Waals surface area contributed by atoms with Crippen LogP contribution in [0.25, 0.3) is 11.1 Å². The van der Waals surface area contributed by atoms with Crippen molar-refractivity contribution in [2.45, 2.75) is 13.5 Å². The fraction of sp³-hybridized carbons (Fsp3) is 0.115. The van der Waals surface area contributed by atoms with Crippen LogP contribution in [-0.4, -0.2) is 22.7 Å². The van der Waals surface area contributed by atoms with E-state index in [1.165, 1.54) is 5.56 Å². The number of hydrogen-bond acceptors (Lipinski definition) is 6. The number of nitrogens with zero attached hydrogens (tertiary/aromatic N) is 2. The molecule has 164 valence electrons. The highest BCUT2D eigenvalue weighted by atomic mass is 16.7. The molecule has 0 aliphatic carbocycles. The molecular weight excluding hydrogens is 418 g/mol. The highest BCUT2D eigenvalue weighted by Gasteiger charge is 2.14. The fourth-order valence-electron chi connectivity index (χ4n) is 3.38. The van der Waals surface area contributed by atoms with Crippen molar-refractivity contribution in [2.75, 3.05) is 6.79 Å². The van der Waals surface area contributed by atoms with Gasteiger partial charge in [0.15, 0.2) is 11.5 Å². The van der Waals surface area contributed by atoms with Crippen LogP contribution in [0, 0.1) is 6.92 Å². The van der Waals surface area contributed by atoms with Gasteiger partial charge in [0.2, 0.25) is 6.79 Å². The zero-order chi connectivity index (χ0) is 22.6. The van der Waals surface area contributed by atoms with Gasteiger partial charge in [-0.3, -0.25) is 4.79 Å². The maximum absolute atomic E-state index is 12.5. The number of fused-ring (bicyclic) bond motifs is 1. The van der Waals surface area contributed by atoms with Crippen LogP contribution in [-0.2, 0) is 6.54 Å². The predicted molar refractivity (Wildman–Crippen MR) is 122 cm³/mol. The van der Waals surface area contributed by atoms with Gasteiger partial charge in [-0.05, 0) is 54.4 Å². The lowest BCUT2D eigenvalue weighted by Crippen LogP contribution is -2.22. The Hall–Kier alpha value is -4.39. The van der Waals surface area contributed by atoms with E-state index in [1.807, 2.05) is 49.4 Å². The highest BCUT2D eigenvalue weighted by Crippen LogP contribution is 2.32. The molecule has 33 heavy (non-hydrogen) atoms. The number of aromatic nitrogens is 2. The van der Waals surface area contributed by atoms with E-state index in [4.69, 9.17) is 14.2 Å². The molecule has 3 aromatic carbocycles. The third kappa shape index (κ3) is 4.77. The number of hydrogen-bond donors (Lipinski definition) is 1. The average molecular weight is 439 g/mol. The van der Waals surface area contributed by atoms with Gasteiger partial charge in [-0.2, -0.15) is 0 Å². The smallest absolute Gasteiger partial charge is 0.321 e. The number of ether oxygens (including phenoxy) is 3. The van der Waals surface area contributed by atoms with Crippen molar-refractivity contribution in [1.29, 1.82) is 0 Å². The Labute approximate surface area is 191 Å². The Balaban J connectivity index is 1.18. The zero-order valence-corrected chi connectivity index (χ0v) is 17.9. The Morgan fingerprint density at radius 1 is 0.909 bits per heavy atom. The molecule has 1 N–H and O–H groups in total. The Morgan fingerprint density at radius 2 is 1.64 bits per heavy atom. The van der Waals surface area contributed by atoms with Crippen LogP contribution in [0.4, 0.5) is 0 Å². The van der Waals surface area contributed by atoms with Crippen LogP contribution in [0.5, 0.6) is 23.3 Å². The van der Waals surface area contributed by atoms with Gasteiger partial charge in [-0.25, -0.2) is 9.97 Å². The van der Waals surface area contributed by atoms with Crippen LogP contribution < -0.4 is 19.5 Å². The van der Waals surface area contributed by atoms with E-state index in [0.717, 1.165) is 22.4 Å². The van der Waals surface area contributed by atoms with Gasteiger partial charge >= 0.3 is 6.01 Å². The summed E-state index contributed by atoms with van der Waals surface area (Å²) in [7, 11) is 0. The van der Waals surface area contributed by atoms with Gasteiger partial charge in [0.1, 0.15) is 5.75 Å². The van der Waals surface area contributed by atoms with Crippen molar-refractivity contribution < 1.29 is 19.0 Å². The summed E-state index contributed by atoms with van der Waals surface area (Å²) in [5.74, 6) is 1.77. The first kappa shape index (κ1) is 20.5. The summed E-state index contributed by atoms with van der Waals surface area (Å²) in [6.07, 6.45) is 3.45. The largest absolute Gasteiger partial charge is 0.454 e. The summed E-state index contributed by atoms with van der Waals surface area (Å²) in [4.78, 5) is 21.1. The third-order valence-electron chi connectivity index (χ3n) is 5.23. The molecule has 0 atom stereocenters. The second-order valence-corrected chi connectivity index (χ2v) is 7.62. The summed E-state index contributed by atoms with van der Waals surface area (Å²) < 4.78 is 16.4. The molecule has 0 saturated carbocycles. The number of aryl methyl sites for hydroxylation is 1. The number of rotatable bonds is 6. The van der Waals surface area contributed by atoms with E-state index in [9.17, 15) is 4.79 Å². The number of carbonyl (C=O) groups excluding carboxylic acids is 1. The molecule has 0 fully saturated rings. The van der Waals surface area contributed by atoms with E-state index in [0.29, 0.717) is 23.6 Å². The quantitative estimate of drug-likeness (QED) is 0.460. The van der Waals surface area contributed by atoms with Crippen molar-refractivity contribution in [3.8, 4) is 34.4 Å². The van der Waals surface area contributed by atoms with Gasteiger partial charge in [-0.15, -0.1) is 0 Å². The molecule has 4 aromatic rings. The lowest BCUT2D eigenvalue weighted by Gasteiger charge is -2.08. The standard InChI is InChI=1S/C26H21N3O4/c1-17-2-5-19(6-3-17)21-14-28-26(29-15-21)33-22-9-7-20(8-10-22)25(30)27-13-18-4-11-23-24(12-18)32-16-31-23/h2-12,14-15H,13,16H2,1H3,(H,27,30). The lowest BCUT2D eigenvalue weighted by molar-refractivity contribution is 0.0951. The Bertz CT molecular complexity index is 1270. The van der Waals surface area contributed by atoms with Gasteiger partial charge in [0, 0.05) is 30.1 Å². The van der Waals surface area contributed by atoms with Gasteiger partial charge in [-0.1, -0.05) is 35.9 Å². The molecule has 1 aliphatic heterocycles. The molecule has 2 heterocycles. The Kier molecular flexibility index (Phi) is 5.59. The van der Waals surface area contributed by atoms with Crippen LogP contribution in [0.2, 0.25) is 0 Å². The van der Waals surface area contributed by atoms with E-state index < -0.39 is 0 Å². The van der Waals surface area contributed by atoms with Crippen molar-refractivity contribution in [3.63, 3.8) is 0 Å². The second kappa shape index (κ2) is 9.00. The summed E-state index contributed by atoms with van der Waals surface area (Å²) >= 11 is 0. The summed E-state index contributed by atoms with van der Waals surface area (Å²) in [5, 5.41) is 2.90. The van der Waals surface area contributed by atoms with Crippen molar-refractivity contribution >= 4 is 5.91 Å². The fourth-order valence-corrected chi connectivity index (χ4v) is 3.38. The average Bonchev–Trinajstić information content (AvgIpc) is 3.32. The molecule has 5 rings (SSSR count). The molecule has 0 radical (unpaired) electrons. The molecule has 7 heteroatoms. The first-order chi connectivity index (χ1) is 16.1. The van der Waals surface area contributed by atoms with Crippen LogP contribution in [0.3, 0.4) is 0 Å². The zero-order valence-electron chi connectivity index (χ0n) is 17.9. The number of benzene rings is 3. The monoisotopic (exact) mass is 439 g/mol. The number of carbonyl (C=O) groups is 1. The van der Waals surface area contributed by atoms with Gasteiger partial charge in [0.25, 0.3) is 5.91 Å². The maximum atomic E-state index is 12.5. The predicted octanol–water partition coefficient (Wildman–Crippen LogP) is 4.90. The van der Waals surface area contributed by atoms with Crippen LogP contribution in [0.15, 0.2) is 79.1 Å². The minimum atomic E-state index is -0.182. The first-order valence-electron chi connectivity index (χ1n) is 10.5. The molecule has 0 saturated heterocycles. The minimum absolute atomic E-state index is 0.182. The SMILES string of the molecule is Cc1ccc(-c2cnc(Oc3ccc(C(=O)NCc4ccc5c(c4)OCO5)cc3)nc2)cc1.